The van der Waals surface area contributed by atoms with Gasteiger partial charge in [0.25, 0.3) is 0 Å². The minimum atomic E-state index is -0.0365. The first-order valence-corrected chi connectivity index (χ1v) is 7.24. The molecule has 7 heteroatoms. The number of rotatable bonds is 3. The summed E-state index contributed by atoms with van der Waals surface area (Å²) in [6, 6.07) is 0. The Balaban J connectivity index is 0.000000211. The molecular weight excluding hydrogens is 336 g/mol. The van der Waals surface area contributed by atoms with Crippen LogP contribution in [0.1, 0.15) is 39.3 Å². The fourth-order valence-corrected chi connectivity index (χ4v) is 1.76. The van der Waals surface area contributed by atoms with Crippen LogP contribution in [0.15, 0.2) is 24.8 Å². The maximum Gasteiger partial charge on any atom is 0.193 e. The zero-order chi connectivity index (χ0) is 15.8. The van der Waals surface area contributed by atoms with E-state index in [1.165, 1.54) is 19.3 Å². The van der Waals surface area contributed by atoms with E-state index in [-0.39, 0.29) is 11.6 Å². The summed E-state index contributed by atoms with van der Waals surface area (Å²) >= 11 is 3.07. The summed E-state index contributed by atoms with van der Waals surface area (Å²) < 4.78 is 0. The average molecular weight is 351 g/mol. The van der Waals surface area contributed by atoms with E-state index in [0.717, 1.165) is 0 Å². The van der Waals surface area contributed by atoms with Gasteiger partial charge in [-0.05, 0) is 13.8 Å². The lowest BCUT2D eigenvalue weighted by molar-refractivity contribution is 0.100. The van der Waals surface area contributed by atoms with E-state index in [1.54, 1.807) is 26.2 Å². The highest BCUT2D eigenvalue weighted by atomic mass is 79.9. The Bertz CT molecular complexity index is 646. The van der Waals surface area contributed by atoms with Crippen molar-refractivity contribution in [1.82, 2.24) is 19.9 Å². The third kappa shape index (κ3) is 5.11. The molecule has 21 heavy (non-hydrogen) atoms. The summed E-state index contributed by atoms with van der Waals surface area (Å²) in [6.07, 6.45) is 6.18. The van der Waals surface area contributed by atoms with Crippen molar-refractivity contribution in [2.24, 2.45) is 0 Å². The quantitative estimate of drug-likeness (QED) is 0.623. The fraction of sp³-hybridized carbons (Fsp3) is 0.286. The van der Waals surface area contributed by atoms with Crippen LogP contribution in [-0.4, -0.2) is 36.8 Å². The molecule has 6 nitrogen and oxygen atoms in total. The molecule has 2 rings (SSSR count). The third-order valence-electron chi connectivity index (χ3n) is 2.48. The predicted molar refractivity (Wildman–Crippen MR) is 81.7 cm³/mol. The van der Waals surface area contributed by atoms with E-state index < -0.39 is 0 Å². The number of aromatic nitrogens is 4. The number of Topliss-reactive ketones (excluding diaryl/α,β-unsaturated/α-hetero) is 2. The van der Waals surface area contributed by atoms with E-state index in [4.69, 9.17) is 0 Å². The van der Waals surface area contributed by atoms with Crippen LogP contribution in [0.2, 0.25) is 0 Å². The van der Waals surface area contributed by atoms with E-state index in [1.807, 2.05) is 0 Å². The third-order valence-corrected chi connectivity index (χ3v) is 2.99. The lowest BCUT2D eigenvalue weighted by Gasteiger charge is -1.97. The van der Waals surface area contributed by atoms with Gasteiger partial charge in [0, 0.05) is 31.7 Å². The average Bonchev–Trinajstić information content (AvgIpc) is 2.48. The monoisotopic (exact) mass is 350 g/mol. The second kappa shape index (κ2) is 8.31. The zero-order valence-electron chi connectivity index (χ0n) is 12.0. The van der Waals surface area contributed by atoms with E-state index in [0.29, 0.717) is 28.1 Å². The van der Waals surface area contributed by atoms with Crippen molar-refractivity contribution in [2.75, 3.05) is 5.33 Å². The van der Waals surface area contributed by atoms with Crippen LogP contribution in [0.25, 0.3) is 0 Å². The van der Waals surface area contributed by atoms with Crippen molar-refractivity contribution in [3.8, 4) is 0 Å². The first-order chi connectivity index (χ1) is 9.97. The van der Waals surface area contributed by atoms with Crippen LogP contribution in [-0.2, 0) is 0 Å². The van der Waals surface area contributed by atoms with Crippen molar-refractivity contribution in [3.63, 3.8) is 0 Å². The van der Waals surface area contributed by atoms with Crippen LogP contribution in [0.5, 0.6) is 0 Å². The smallest absolute Gasteiger partial charge is 0.193 e. The van der Waals surface area contributed by atoms with Gasteiger partial charge in [0.2, 0.25) is 0 Å². The Morgan fingerprint density at radius 3 is 1.67 bits per heavy atom. The van der Waals surface area contributed by atoms with Gasteiger partial charge < -0.3 is 0 Å². The van der Waals surface area contributed by atoms with Gasteiger partial charge in [-0.25, -0.2) is 9.97 Å². The topological polar surface area (TPSA) is 85.7 Å². The molecule has 2 aromatic rings. The molecule has 0 saturated carbocycles. The largest absolute Gasteiger partial charge is 0.293 e. The highest BCUT2D eigenvalue weighted by Crippen LogP contribution is 2.02. The first kappa shape index (κ1) is 17.0. The van der Waals surface area contributed by atoms with Crippen molar-refractivity contribution in [2.45, 2.75) is 20.8 Å². The first-order valence-electron chi connectivity index (χ1n) is 6.12. The number of nitrogens with zero attached hydrogens (tertiary/aromatic N) is 4. The van der Waals surface area contributed by atoms with Crippen LogP contribution in [0, 0.1) is 13.8 Å². The fourth-order valence-electron chi connectivity index (χ4n) is 1.50. The highest BCUT2D eigenvalue weighted by Gasteiger charge is 2.08. The Hall–Kier alpha value is -2.02. The number of aryl methyl sites for hydroxylation is 2. The van der Waals surface area contributed by atoms with Gasteiger partial charge in [-0.2, -0.15) is 0 Å². The molecule has 0 aliphatic carbocycles. The molecule has 0 bridgehead atoms. The minimum absolute atomic E-state index is 0.0319. The normalized spacial score (nSPS) is 9.52. The molecule has 0 atom stereocenters. The van der Waals surface area contributed by atoms with E-state index >= 15 is 0 Å². The molecule has 0 aliphatic heterocycles. The number of alkyl halides is 1. The SMILES string of the molecule is CC(=O)c1nccnc1C.Cc1nccnc1C(=O)CBr. The van der Waals surface area contributed by atoms with Gasteiger partial charge in [-0.3, -0.25) is 19.6 Å². The lowest BCUT2D eigenvalue weighted by Crippen LogP contribution is -2.06. The Labute approximate surface area is 131 Å². The number of carbonyl (C=O) groups excluding carboxylic acids is 2. The number of hydrogen-bond acceptors (Lipinski definition) is 6. The Morgan fingerprint density at radius 1 is 0.905 bits per heavy atom. The van der Waals surface area contributed by atoms with Crippen molar-refractivity contribution < 1.29 is 9.59 Å². The van der Waals surface area contributed by atoms with Crippen molar-refractivity contribution in [3.05, 3.63) is 47.6 Å². The highest BCUT2D eigenvalue weighted by molar-refractivity contribution is 9.09. The summed E-state index contributed by atoms with van der Waals surface area (Å²) in [7, 11) is 0. The number of halogens is 1. The summed E-state index contributed by atoms with van der Waals surface area (Å²) in [5, 5.41) is 0.298. The van der Waals surface area contributed by atoms with E-state index in [2.05, 4.69) is 35.9 Å². The van der Waals surface area contributed by atoms with E-state index in [9.17, 15) is 9.59 Å². The number of hydrogen-bond donors (Lipinski definition) is 0. The van der Waals surface area contributed by atoms with Crippen LogP contribution >= 0.6 is 15.9 Å². The zero-order valence-corrected chi connectivity index (χ0v) is 13.6. The molecule has 0 fully saturated rings. The molecule has 2 aromatic heterocycles. The van der Waals surface area contributed by atoms with Gasteiger partial charge in [0.15, 0.2) is 11.6 Å². The number of carbonyl (C=O) groups is 2. The molecule has 0 saturated heterocycles. The van der Waals surface area contributed by atoms with Crippen LogP contribution < -0.4 is 0 Å². The standard InChI is InChI=1S/C7H7BrN2O.C7H8N2O/c1-5-7(6(11)4-8)10-3-2-9-5;1-5-7(6(2)10)9-4-3-8-5/h2-3H,4H2,1H3;3-4H,1-2H3. The van der Waals surface area contributed by atoms with Gasteiger partial charge in [-0.1, -0.05) is 15.9 Å². The molecule has 0 amide bonds. The molecule has 0 aliphatic rings. The second-order valence-electron chi connectivity index (χ2n) is 4.09. The predicted octanol–water partition coefficient (Wildman–Crippen LogP) is 2.35. The number of ketones is 2. The van der Waals surface area contributed by atoms with Gasteiger partial charge >= 0.3 is 0 Å². The summed E-state index contributed by atoms with van der Waals surface area (Å²) in [4.78, 5) is 37.5. The summed E-state index contributed by atoms with van der Waals surface area (Å²) in [6.45, 7) is 5.02. The van der Waals surface area contributed by atoms with Gasteiger partial charge in [0.1, 0.15) is 11.4 Å². The van der Waals surface area contributed by atoms with Crippen LogP contribution in [0.4, 0.5) is 0 Å². The van der Waals surface area contributed by atoms with Gasteiger partial charge in [0.05, 0.1) is 16.7 Å². The second-order valence-corrected chi connectivity index (χ2v) is 4.65. The summed E-state index contributed by atoms with van der Waals surface area (Å²) in [5.41, 5.74) is 2.28. The molecule has 110 valence electrons. The Morgan fingerprint density at radius 2 is 1.33 bits per heavy atom. The van der Waals surface area contributed by atoms with Crippen LogP contribution in [0.3, 0.4) is 0 Å². The minimum Gasteiger partial charge on any atom is -0.293 e. The van der Waals surface area contributed by atoms with Gasteiger partial charge in [-0.15, -0.1) is 0 Å². The van der Waals surface area contributed by atoms with Crippen molar-refractivity contribution >= 4 is 27.5 Å². The molecule has 0 N–H and O–H groups in total. The molecule has 0 radical (unpaired) electrons. The van der Waals surface area contributed by atoms with Crippen molar-refractivity contribution in [1.29, 1.82) is 0 Å². The maximum absolute atomic E-state index is 11.1. The lowest BCUT2D eigenvalue weighted by atomic mass is 10.2. The molecule has 2 heterocycles. The Kier molecular flexibility index (Phi) is 6.74. The molecule has 0 spiro atoms. The molecule has 0 aromatic carbocycles. The summed E-state index contributed by atoms with van der Waals surface area (Å²) in [5.74, 6) is -0.0683. The molecule has 0 unspecified atom stereocenters. The maximum atomic E-state index is 11.1. The molecular formula is C14H15BrN4O2.